The number of carboxylic acids is 1. The number of morpholine rings is 1. The van der Waals surface area contributed by atoms with Crippen LogP contribution in [0.15, 0.2) is 18.2 Å². The Hall–Kier alpha value is -1.79. The number of nitrogens with zero attached hydrogens (tertiary/aromatic N) is 1. The largest absolute Gasteiger partial charge is 0.508 e. The Morgan fingerprint density at radius 3 is 2.89 bits per heavy atom. The molecule has 3 N–H and O–H groups in total. The first-order valence-electron chi connectivity index (χ1n) is 6.11. The van der Waals surface area contributed by atoms with Crippen molar-refractivity contribution >= 4 is 5.97 Å². The fourth-order valence-corrected chi connectivity index (χ4v) is 2.17. The normalized spacial score (nSPS) is 20.3. The van der Waals surface area contributed by atoms with Crippen molar-refractivity contribution in [3.05, 3.63) is 23.8 Å². The molecular formula is C13H17NO5. The Kier molecular flexibility index (Phi) is 4.24. The highest BCUT2D eigenvalue weighted by Crippen LogP contribution is 2.24. The predicted molar refractivity (Wildman–Crippen MR) is 67.0 cm³/mol. The van der Waals surface area contributed by atoms with Crippen LogP contribution < -0.4 is 0 Å². The topological polar surface area (TPSA) is 90.2 Å². The second-order valence-electron chi connectivity index (χ2n) is 4.64. The van der Waals surface area contributed by atoms with E-state index in [1.807, 2.05) is 4.90 Å². The van der Waals surface area contributed by atoms with Crippen molar-refractivity contribution in [2.75, 3.05) is 19.7 Å². The second kappa shape index (κ2) is 5.90. The molecule has 1 aromatic carbocycles. The van der Waals surface area contributed by atoms with E-state index in [1.54, 1.807) is 6.07 Å². The summed E-state index contributed by atoms with van der Waals surface area (Å²) in [5.74, 6) is -0.812. The number of phenolic OH excluding ortho intramolecular Hbond substituents is 2. The van der Waals surface area contributed by atoms with Crippen LogP contribution in [0.3, 0.4) is 0 Å². The predicted octanol–water partition coefficient (Wildman–Crippen LogP) is 0.773. The first kappa shape index (κ1) is 13.6. The van der Waals surface area contributed by atoms with Crippen LogP contribution in [0.5, 0.6) is 11.5 Å². The number of hydrogen-bond acceptors (Lipinski definition) is 5. The molecule has 104 valence electrons. The second-order valence-corrected chi connectivity index (χ2v) is 4.64. The van der Waals surface area contributed by atoms with E-state index in [0.29, 0.717) is 31.8 Å². The van der Waals surface area contributed by atoms with Crippen molar-refractivity contribution in [3.8, 4) is 11.5 Å². The quantitative estimate of drug-likeness (QED) is 0.746. The molecule has 1 heterocycles. The van der Waals surface area contributed by atoms with Crippen molar-refractivity contribution in [2.24, 2.45) is 0 Å². The maximum Gasteiger partial charge on any atom is 0.306 e. The number of carboxylic acid groups (broad SMARTS) is 1. The third-order valence-corrected chi connectivity index (χ3v) is 3.09. The lowest BCUT2D eigenvalue weighted by Crippen LogP contribution is -2.42. The molecule has 2 rings (SSSR count). The maximum absolute atomic E-state index is 10.7. The summed E-state index contributed by atoms with van der Waals surface area (Å²) in [5, 5.41) is 27.7. The highest BCUT2D eigenvalue weighted by Gasteiger charge is 2.23. The number of ether oxygens (including phenoxy) is 1. The maximum atomic E-state index is 10.7. The van der Waals surface area contributed by atoms with Gasteiger partial charge in [-0.25, -0.2) is 0 Å². The molecular weight excluding hydrogens is 250 g/mol. The summed E-state index contributed by atoms with van der Waals surface area (Å²) in [5.41, 5.74) is 0.703. The molecule has 6 nitrogen and oxygen atoms in total. The summed E-state index contributed by atoms with van der Waals surface area (Å²) in [7, 11) is 0. The van der Waals surface area contributed by atoms with E-state index in [0.717, 1.165) is 0 Å². The van der Waals surface area contributed by atoms with Crippen molar-refractivity contribution in [1.29, 1.82) is 0 Å². The van der Waals surface area contributed by atoms with Crippen molar-refractivity contribution < 1.29 is 24.9 Å². The van der Waals surface area contributed by atoms with Crippen LogP contribution in [0.4, 0.5) is 0 Å². The smallest absolute Gasteiger partial charge is 0.306 e. The van der Waals surface area contributed by atoms with Gasteiger partial charge < -0.3 is 20.1 Å². The minimum absolute atomic E-state index is 0.0158. The van der Waals surface area contributed by atoms with Crippen LogP contribution in [-0.2, 0) is 16.1 Å². The number of hydrogen-bond donors (Lipinski definition) is 3. The molecule has 1 aromatic rings. The number of phenols is 2. The van der Waals surface area contributed by atoms with E-state index in [9.17, 15) is 15.0 Å². The molecule has 0 bridgehead atoms. The van der Waals surface area contributed by atoms with E-state index >= 15 is 0 Å². The number of aromatic hydroxyl groups is 2. The molecule has 1 aliphatic heterocycles. The molecule has 1 saturated heterocycles. The summed E-state index contributed by atoms with van der Waals surface area (Å²) >= 11 is 0. The molecule has 0 saturated carbocycles. The molecule has 19 heavy (non-hydrogen) atoms. The van der Waals surface area contributed by atoms with E-state index in [1.165, 1.54) is 12.1 Å². The van der Waals surface area contributed by atoms with Crippen LogP contribution >= 0.6 is 0 Å². The third-order valence-electron chi connectivity index (χ3n) is 3.09. The first-order chi connectivity index (χ1) is 9.04. The van der Waals surface area contributed by atoms with E-state index < -0.39 is 5.97 Å². The summed E-state index contributed by atoms with van der Waals surface area (Å²) in [4.78, 5) is 12.7. The van der Waals surface area contributed by atoms with Gasteiger partial charge in [-0.15, -0.1) is 0 Å². The lowest BCUT2D eigenvalue weighted by atomic mass is 10.1. The van der Waals surface area contributed by atoms with Gasteiger partial charge in [-0.2, -0.15) is 0 Å². The zero-order valence-electron chi connectivity index (χ0n) is 10.5. The highest BCUT2D eigenvalue weighted by molar-refractivity contribution is 5.67. The zero-order chi connectivity index (χ0) is 13.8. The van der Waals surface area contributed by atoms with Gasteiger partial charge in [-0.1, -0.05) is 6.07 Å². The molecule has 0 aromatic heterocycles. The summed E-state index contributed by atoms with van der Waals surface area (Å²) < 4.78 is 5.38. The highest BCUT2D eigenvalue weighted by atomic mass is 16.5. The SMILES string of the molecule is O=C(O)CC1CN(Cc2ccc(O)cc2O)CCO1. The Balaban J connectivity index is 1.96. The molecule has 1 aliphatic rings. The lowest BCUT2D eigenvalue weighted by molar-refractivity contribution is -0.142. The van der Waals surface area contributed by atoms with Crippen LogP contribution in [0.25, 0.3) is 0 Å². The van der Waals surface area contributed by atoms with Crippen molar-refractivity contribution in [3.63, 3.8) is 0 Å². The molecule has 0 aliphatic carbocycles. The van der Waals surface area contributed by atoms with E-state index in [4.69, 9.17) is 9.84 Å². The minimum atomic E-state index is -0.876. The van der Waals surface area contributed by atoms with Gasteiger partial charge in [0.1, 0.15) is 11.5 Å². The lowest BCUT2D eigenvalue weighted by Gasteiger charge is -2.32. The number of rotatable bonds is 4. The Labute approximate surface area is 110 Å². The fraction of sp³-hybridized carbons (Fsp3) is 0.462. The van der Waals surface area contributed by atoms with Crippen LogP contribution in [0, 0.1) is 0 Å². The average Bonchev–Trinajstić information content (AvgIpc) is 2.32. The molecule has 0 radical (unpaired) electrons. The first-order valence-corrected chi connectivity index (χ1v) is 6.11. The molecule has 1 fully saturated rings. The van der Waals surface area contributed by atoms with Gasteiger partial charge in [-0.3, -0.25) is 9.69 Å². The van der Waals surface area contributed by atoms with Crippen LogP contribution in [0.1, 0.15) is 12.0 Å². The standard InChI is InChI=1S/C13H17NO5/c15-10-2-1-9(12(16)5-10)7-14-3-4-19-11(8-14)6-13(17)18/h1-2,5,11,15-16H,3-4,6-8H2,(H,17,18). The Morgan fingerprint density at radius 2 is 2.21 bits per heavy atom. The van der Waals surface area contributed by atoms with Gasteiger partial charge in [0.15, 0.2) is 0 Å². The van der Waals surface area contributed by atoms with Gasteiger partial charge in [-0.05, 0) is 6.07 Å². The number of benzene rings is 1. The van der Waals surface area contributed by atoms with E-state index in [-0.39, 0.29) is 24.0 Å². The van der Waals surface area contributed by atoms with Gasteiger partial charge in [0.05, 0.1) is 19.1 Å². The van der Waals surface area contributed by atoms with Gasteiger partial charge in [0.25, 0.3) is 0 Å². The molecule has 1 unspecified atom stereocenters. The molecule has 0 spiro atoms. The zero-order valence-corrected chi connectivity index (χ0v) is 10.5. The summed E-state index contributed by atoms with van der Waals surface area (Å²) in [6, 6.07) is 4.47. The molecule has 0 amide bonds. The van der Waals surface area contributed by atoms with Crippen molar-refractivity contribution in [2.45, 2.75) is 19.1 Å². The van der Waals surface area contributed by atoms with Gasteiger partial charge >= 0.3 is 5.97 Å². The molecule has 1 atom stereocenters. The van der Waals surface area contributed by atoms with Crippen LogP contribution in [0.2, 0.25) is 0 Å². The molecule has 6 heteroatoms. The Morgan fingerprint density at radius 1 is 1.42 bits per heavy atom. The monoisotopic (exact) mass is 267 g/mol. The summed E-state index contributed by atoms with van der Waals surface area (Å²) in [6.07, 6.45) is -0.330. The number of aliphatic carboxylic acids is 1. The third kappa shape index (κ3) is 3.84. The van der Waals surface area contributed by atoms with Crippen molar-refractivity contribution in [1.82, 2.24) is 4.90 Å². The van der Waals surface area contributed by atoms with Gasteiger partial charge in [0.2, 0.25) is 0 Å². The average molecular weight is 267 g/mol. The summed E-state index contributed by atoms with van der Waals surface area (Å²) in [6.45, 7) is 2.20. The minimum Gasteiger partial charge on any atom is -0.508 e. The van der Waals surface area contributed by atoms with E-state index in [2.05, 4.69) is 0 Å². The fourth-order valence-electron chi connectivity index (χ4n) is 2.17. The number of carbonyl (C=O) groups is 1. The van der Waals surface area contributed by atoms with Gasteiger partial charge in [0, 0.05) is 31.3 Å². The van der Waals surface area contributed by atoms with Crippen LogP contribution in [-0.4, -0.2) is 52.0 Å². The Bertz CT molecular complexity index is 462.